The zero-order valence-electron chi connectivity index (χ0n) is 16.2. The summed E-state index contributed by atoms with van der Waals surface area (Å²) < 4.78 is 7.71. The van der Waals surface area contributed by atoms with Crippen molar-refractivity contribution in [2.24, 2.45) is 11.7 Å². The minimum Gasteiger partial charge on any atom is -0.373 e. The molecule has 1 aromatic rings. The van der Waals surface area contributed by atoms with Crippen LogP contribution in [0.1, 0.15) is 39.3 Å². The Morgan fingerprint density at radius 1 is 1.38 bits per heavy atom. The van der Waals surface area contributed by atoms with Gasteiger partial charge in [0.05, 0.1) is 23.9 Å². The van der Waals surface area contributed by atoms with Crippen LogP contribution in [0.3, 0.4) is 0 Å². The number of hydrogen-bond donors (Lipinski definition) is 1. The van der Waals surface area contributed by atoms with Crippen molar-refractivity contribution >= 4 is 5.91 Å². The number of aromatic nitrogens is 3. The smallest absolute Gasteiger partial charge is 0.239 e. The number of rotatable bonds is 5. The average molecular weight is 364 g/mol. The molecule has 3 rings (SSSR count). The maximum absolute atomic E-state index is 12.0. The second kappa shape index (κ2) is 8.02. The monoisotopic (exact) mass is 364 g/mol. The SMILES string of the molecule is C[C@H](N)C(=O)N1CCC(Cn2cc(CN3CCOC(C)(C)C3)nn2)CC1. The summed E-state index contributed by atoms with van der Waals surface area (Å²) >= 11 is 0. The van der Waals surface area contributed by atoms with Gasteiger partial charge in [0.25, 0.3) is 0 Å². The number of carbonyl (C=O) groups is 1. The van der Waals surface area contributed by atoms with Gasteiger partial charge >= 0.3 is 0 Å². The van der Waals surface area contributed by atoms with E-state index in [0.717, 1.165) is 64.4 Å². The van der Waals surface area contributed by atoms with Crippen LogP contribution in [0.4, 0.5) is 0 Å². The lowest BCUT2D eigenvalue weighted by Crippen LogP contribution is -2.47. The number of carbonyl (C=O) groups excluding carboxylic acids is 1. The number of nitrogens with zero attached hydrogens (tertiary/aromatic N) is 5. The summed E-state index contributed by atoms with van der Waals surface area (Å²) in [5.74, 6) is 0.587. The number of piperidine rings is 1. The topological polar surface area (TPSA) is 89.5 Å². The van der Waals surface area contributed by atoms with Crippen molar-refractivity contribution in [3.8, 4) is 0 Å². The van der Waals surface area contributed by atoms with Crippen molar-refractivity contribution in [1.82, 2.24) is 24.8 Å². The van der Waals surface area contributed by atoms with Crippen LogP contribution in [0.15, 0.2) is 6.20 Å². The first kappa shape index (κ1) is 19.3. The molecule has 2 aliphatic rings. The zero-order valence-corrected chi connectivity index (χ0v) is 16.2. The van der Waals surface area contributed by atoms with E-state index in [9.17, 15) is 4.79 Å². The third-order valence-electron chi connectivity index (χ3n) is 5.24. The average Bonchev–Trinajstić information content (AvgIpc) is 3.00. The summed E-state index contributed by atoms with van der Waals surface area (Å²) in [5, 5.41) is 8.64. The Hall–Kier alpha value is -1.51. The lowest BCUT2D eigenvalue weighted by Gasteiger charge is -2.37. The number of nitrogens with two attached hydrogens (primary N) is 1. The molecule has 0 unspecified atom stereocenters. The van der Waals surface area contributed by atoms with Crippen LogP contribution in [-0.4, -0.2) is 75.1 Å². The first-order chi connectivity index (χ1) is 12.3. The van der Waals surface area contributed by atoms with E-state index in [2.05, 4.69) is 35.3 Å². The van der Waals surface area contributed by atoms with Gasteiger partial charge in [-0.3, -0.25) is 14.4 Å². The van der Waals surface area contributed by atoms with Crippen molar-refractivity contribution in [1.29, 1.82) is 0 Å². The molecule has 0 aromatic carbocycles. The molecule has 1 atom stereocenters. The second-order valence-electron chi connectivity index (χ2n) is 8.31. The third kappa shape index (κ3) is 5.02. The molecule has 2 fully saturated rings. The largest absolute Gasteiger partial charge is 0.373 e. The number of ether oxygens (including phenoxy) is 1. The summed E-state index contributed by atoms with van der Waals surface area (Å²) in [6.45, 7) is 11.9. The van der Waals surface area contributed by atoms with E-state index in [1.165, 1.54) is 0 Å². The molecule has 0 bridgehead atoms. The van der Waals surface area contributed by atoms with Gasteiger partial charge < -0.3 is 15.4 Å². The molecule has 26 heavy (non-hydrogen) atoms. The van der Waals surface area contributed by atoms with Crippen LogP contribution in [0.5, 0.6) is 0 Å². The Kier molecular flexibility index (Phi) is 5.94. The third-order valence-corrected chi connectivity index (χ3v) is 5.24. The van der Waals surface area contributed by atoms with Crippen LogP contribution in [0.2, 0.25) is 0 Å². The summed E-state index contributed by atoms with van der Waals surface area (Å²) in [7, 11) is 0. The number of morpholine rings is 1. The maximum Gasteiger partial charge on any atom is 0.239 e. The molecule has 0 spiro atoms. The predicted molar refractivity (Wildman–Crippen MR) is 98.3 cm³/mol. The van der Waals surface area contributed by atoms with Crippen molar-refractivity contribution in [3.63, 3.8) is 0 Å². The second-order valence-corrected chi connectivity index (χ2v) is 8.31. The highest BCUT2D eigenvalue weighted by Crippen LogP contribution is 2.20. The predicted octanol–water partition coefficient (Wildman–Crippen LogP) is 0.475. The van der Waals surface area contributed by atoms with Gasteiger partial charge in [0.15, 0.2) is 0 Å². The quantitative estimate of drug-likeness (QED) is 0.817. The molecule has 1 aromatic heterocycles. The molecule has 8 heteroatoms. The van der Waals surface area contributed by atoms with Crippen LogP contribution in [0.25, 0.3) is 0 Å². The number of amides is 1. The number of hydrogen-bond acceptors (Lipinski definition) is 6. The standard InChI is InChI=1S/C18H32N6O2/c1-14(19)17(25)23-6-4-15(5-7-23)10-24-12-16(20-21-24)11-22-8-9-26-18(2,3)13-22/h12,14-15H,4-11,13,19H2,1-3H3/t14-/m0/s1. The summed E-state index contributed by atoms with van der Waals surface area (Å²) in [4.78, 5) is 16.2. The van der Waals surface area contributed by atoms with Crippen LogP contribution in [0, 0.1) is 5.92 Å². The van der Waals surface area contributed by atoms with Gasteiger partial charge in [0, 0.05) is 45.5 Å². The normalized spacial score (nSPS) is 23.2. The van der Waals surface area contributed by atoms with Gasteiger partial charge in [-0.1, -0.05) is 5.21 Å². The van der Waals surface area contributed by atoms with E-state index in [4.69, 9.17) is 10.5 Å². The van der Waals surface area contributed by atoms with Gasteiger partial charge in [-0.25, -0.2) is 0 Å². The molecule has 146 valence electrons. The Morgan fingerprint density at radius 2 is 2.12 bits per heavy atom. The molecule has 0 saturated carbocycles. The molecular weight excluding hydrogens is 332 g/mol. The maximum atomic E-state index is 12.0. The summed E-state index contributed by atoms with van der Waals surface area (Å²) in [6.07, 6.45) is 4.04. The van der Waals surface area contributed by atoms with Crippen molar-refractivity contribution in [2.45, 2.75) is 58.3 Å². The van der Waals surface area contributed by atoms with Gasteiger partial charge in [0.1, 0.15) is 0 Å². The Morgan fingerprint density at radius 3 is 2.77 bits per heavy atom. The lowest BCUT2D eigenvalue weighted by atomic mass is 9.96. The van der Waals surface area contributed by atoms with Crippen LogP contribution >= 0.6 is 0 Å². The van der Waals surface area contributed by atoms with Gasteiger partial charge in [-0.15, -0.1) is 5.10 Å². The highest BCUT2D eigenvalue weighted by molar-refractivity contribution is 5.81. The first-order valence-electron chi connectivity index (χ1n) is 9.62. The summed E-state index contributed by atoms with van der Waals surface area (Å²) in [6, 6.07) is -0.408. The van der Waals surface area contributed by atoms with Crippen molar-refractivity contribution in [3.05, 3.63) is 11.9 Å². The molecular formula is C18H32N6O2. The van der Waals surface area contributed by atoms with Crippen molar-refractivity contribution in [2.75, 3.05) is 32.8 Å². The highest BCUT2D eigenvalue weighted by Gasteiger charge is 2.28. The zero-order chi connectivity index (χ0) is 18.7. The van der Waals surface area contributed by atoms with E-state index in [1.54, 1.807) is 6.92 Å². The van der Waals surface area contributed by atoms with E-state index in [0.29, 0.717) is 5.92 Å². The fourth-order valence-corrected chi connectivity index (χ4v) is 3.87. The fourth-order valence-electron chi connectivity index (χ4n) is 3.87. The Balaban J connectivity index is 1.46. The Bertz CT molecular complexity index is 607. The molecule has 0 radical (unpaired) electrons. The minimum absolute atomic E-state index is 0.0555. The molecule has 3 heterocycles. The summed E-state index contributed by atoms with van der Waals surface area (Å²) in [5.41, 5.74) is 6.61. The molecule has 8 nitrogen and oxygen atoms in total. The van der Waals surface area contributed by atoms with Crippen LogP contribution < -0.4 is 5.73 Å². The Labute approximate surface area is 155 Å². The van der Waals surface area contributed by atoms with E-state index >= 15 is 0 Å². The van der Waals surface area contributed by atoms with Gasteiger partial charge in [0.2, 0.25) is 5.91 Å². The van der Waals surface area contributed by atoms with Crippen LogP contribution in [-0.2, 0) is 22.6 Å². The lowest BCUT2D eigenvalue weighted by molar-refractivity contribution is -0.133. The van der Waals surface area contributed by atoms with E-state index < -0.39 is 6.04 Å². The molecule has 2 saturated heterocycles. The van der Waals surface area contributed by atoms with Crippen molar-refractivity contribution < 1.29 is 9.53 Å². The highest BCUT2D eigenvalue weighted by atomic mass is 16.5. The minimum atomic E-state index is -0.408. The number of likely N-dealkylation sites (tertiary alicyclic amines) is 1. The van der Waals surface area contributed by atoms with Gasteiger partial charge in [-0.2, -0.15) is 0 Å². The molecule has 0 aliphatic carbocycles. The first-order valence-corrected chi connectivity index (χ1v) is 9.62. The molecule has 1 amide bonds. The van der Waals surface area contributed by atoms with E-state index in [1.807, 2.05) is 9.58 Å². The molecule has 2 aliphatic heterocycles. The molecule has 2 N–H and O–H groups in total. The fraction of sp³-hybridized carbons (Fsp3) is 0.833. The van der Waals surface area contributed by atoms with E-state index in [-0.39, 0.29) is 11.5 Å². The van der Waals surface area contributed by atoms with Gasteiger partial charge in [-0.05, 0) is 39.5 Å².